The van der Waals surface area contributed by atoms with Crippen molar-refractivity contribution in [3.63, 3.8) is 0 Å². The second-order valence-electron chi connectivity index (χ2n) is 2.87. The van der Waals surface area contributed by atoms with Crippen LogP contribution in [0.2, 0.25) is 0 Å². The van der Waals surface area contributed by atoms with Gasteiger partial charge in [-0.15, -0.1) is 0 Å². The first kappa shape index (κ1) is 9.74. The van der Waals surface area contributed by atoms with Gasteiger partial charge in [-0.3, -0.25) is 9.89 Å². The zero-order chi connectivity index (χ0) is 10.8. The van der Waals surface area contributed by atoms with Gasteiger partial charge in [0.2, 0.25) is 0 Å². The molecule has 74 valence electrons. The number of aromatic nitrogens is 2. The number of carbonyl (C=O) groups is 1. The number of hydrogen-bond acceptors (Lipinski definition) is 2. The zero-order valence-corrected chi connectivity index (χ0v) is 9.13. The van der Waals surface area contributed by atoms with E-state index in [9.17, 15) is 4.79 Å². The summed E-state index contributed by atoms with van der Waals surface area (Å²) < 4.78 is 0.941. The van der Waals surface area contributed by atoms with Crippen molar-refractivity contribution in [1.82, 2.24) is 10.2 Å². The number of nitrogens with zero attached hydrogens (tertiary/aromatic N) is 1. The summed E-state index contributed by atoms with van der Waals surface area (Å²) in [5.74, 6) is 4.23. The monoisotopic (exact) mass is 263 g/mol. The lowest BCUT2D eigenvalue weighted by molar-refractivity contribution is -0.112. The highest BCUT2D eigenvalue weighted by Gasteiger charge is 2.02. The second kappa shape index (κ2) is 3.75. The molecule has 1 heterocycles. The van der Waals surface area contributed by atoms with Crippen molar-refractivity contribution in [3.05, 3.63) is 28.4 Å². The first-order valence-corrected chi connectivity index (χ1v) is 4.91. The Balaban J connectivity index is 2.56. The van der Waals surface area contributed by atoms with Crippen LogP contribution in [0.15, 0.2) is 22.7 Å². The average Bonchev–Trinajstić information content (AvgIpc) is 2.57. The zero-order valence-electron chi connectivity index (χ0n) is 7.54. The SMILES string of the molecule is NC(=O)C#Cc1[nH]nc2cc(Br)ccc12. The topological polar surface area (TPSA) is 71.8 Å². The third-order valence-electron chi connectivity index (χ3n) is 1.83. The summed E-state index contributed by atoms with van der Waals surface area (Å²) in [6.45, 7) is 0. The number of aromatic amines is 1. The van der Waals surface area contributed by atoms with Crippen LogP contribution >= 0.6 is 15.9 Å². The van der Waals surface area contributed by atoms with Gasteiger partial charge in [0.1, 0.15) is 5.69 Å². The van der Waals surface area contributed by atoms with Crippen molar-refractivity contribution in [3.8, 4) is 11.8 Å². The van der Waals surface area contributed by atoms with Crippen LogP contribution in [0.4, 0.5) is 0 Å². The van der Waals surface area contributed by atoms with E-state index in [4.69, 9.17) is 5.73 Å². The molecule has 0 fully saturated rings. The smallest absolute Gasteiger partial charge is 0.293 e. The van der Waals surface area contributed by atoms with E-state index in [2.05, 4.69) is 38.0 Å². The third kappa shape index (κ3) is 2.00. The molecule has 0 aliphatic carbocycles. The Morgan fingerprint density at radius 2 is 2.33 bits per heavy atom. The highest BCUT2D eigenvalue weighted by molar-refractivity contribution is 9.10. The fourth-order valence-corrected chi connectivity index (χ4v) is 1.55. The molecule has 0 radical (unpaired) electrons. The van der Waals surface area contributed by atoms with Crippen LogP contribution in [0.1, 0.15) is 5.69 Å². The van der Waals surface area contributed by atoms with Crippen molar-refractivity contribution >= 4 is 32.7 Å². The summed E-state index contributed by atoms with van der Waals surface area (Å²) in [4.78, 5) is 10.5. The van der Waals surface area contributed by atoms with Gasteiger partial charge in [-0.2, -0.15) is 5.10 Å². The molecule has 0 atom stereocenters. The quantitative estimate of drug-likeness (QED) is 0.701. The number of H-pyrrole nitrogens is 1. The Morgan fingerprint density at radius 1 is 1.53 bits per heavy atom. The van der Waals surface area contributed by atoms with Crippen molar-refractivity contribution in [2.24, 2.45) is 5.73 Å². The van der Waals surface area contributed by atoms with E-state index in [-0.39, 0.29) is 0 Å². The fourth-order valence-electron chi connectivity index (χ4n) is 1.20. The van der Waals surface area contributed by atoms with Gasteiger partial charge >= 0.3 is 0 Å². The Kier molecular flexibility index (Phi) is 2.44. The number of halogens is 1. The number of primary amides is 1. The molecule has 0 aliphatic rings. The Hall–Kier alpha value is -1.80. The Bertz CT molecular complexity index is 591. The van der Waals surface area contributed by atoms with Crippen LogP contribution in [0.25, 0.3) is 10.9 Å². The minimum Gasteiger partial charge on any atom is -0.359 e. The predicted molar refractivity (Wildman–Crippen MR) is 59.9 cm³/mol. The highest BCUT2D eigenvalue weighted by Crippen LogP contribution is 2.19. The molecule has 1 aromatic carbocycles. The molecule has 1 aromatic heterocycles. The number of nitrogens with one attached hydrogen (secondary N) is 1. The van der Waals surface area contributed by atoms with Crippen LogP contribution in [0.3, 0.4) is 0 Å². The number of benzene rings is 1. The first-order chi connectivity index (χ1) is 7.16. The van der Waals surface area contributed by atoms with Crippen LogP contribution in [-0.2, 0) is 4.79 Å². The molecule has 2 aromatic rings. The van der Waals surface area contributed by atoms with E-state index >= 15 is 0 Å². The maximum atomic E-state index is 10.5. The summed E-state index contributed by atoms with van der Waals surface area (Å²) in [6.07, 6.45) is 0. The Labute approximate surface area is 94.0 Å². The van der Waals surface area contributed by atoms with Crippen molar-refractivity contribution in [2.45, 2.75) is 0 Å². The molecule has 0 aliphatic heterocycles. The molecule has 4 nitrogen and oxygen atoms in total. The lowest BCUT2D eigenvalue weighted by atomic mass is 10.2. The van der Waals surface area contributed by atoms with Crippen LogP contribution in [-0.4, -0.2) is 16.1 Å². The summed E-state index contributed by atoms with van der Waals surface area (Å²) in [5, 5.41) is 7.66. The molecule has 0 spiro atoms. The summed E-state index contributed by atoms with van der Waals surface area (Å²) in [7, 11) is 0. The lowest BCUT2D eigenvalue weighted by Gasteiger charge is -1.89. The maximum absolute atomic E-state index is 10.5. The standard InChI is InChI=1S/C10H6BrN3O/c11-6-1-2-7-8(3-4-10(12)15)13-14-9(7)5-6/h1-2,5H,(H2,12,15)(H,13,14). The van der Waals surface area contributed by atoms with E-state index in [1.165, 1.54) is 0 Å². The van der Waals surface area contributed by atoms with Gasteiger partial charge in [-0.1, -0.05) is 15.9 Å². The highest BCUT2D eigenvalue weighted by atomic mass is 79.9. The van der Waals surface area contributed by atoms with E-state index in [1.54, 1.807) is 0 Å². The molecule has 0 unspecified atom stereocenters. The van der Waals surface area contributed by atoms with Gasteiger partial charge < -0.3 is 5.73 Å². The molecule has 1 amide bonds. The van der Waals surface area contributed by atoms with Gasteiger partial charge in [0, 0.05) is 15.8 Å². The minimum atomic E-state index is -0.658. The van der Waals surface area contributed by atoms with E-state index in [0.717, 1.165) is 15.4 Å². The van der Waals surface area contributed by atoms with Crippen LogP contribution in [0.5, 0.6) is 0 Å². The molecular formula is C10H6BrN3O. The van der Waals surface area contributed by atoms with Gasteiger partial charge in [-0.05, 0) is 24.1 Å². The molecule has 0 saturated heterocycles. The number of amides is 1. The van der Waals surface area contributed by atoms with Gasteiger partial charge in [0.25, 0.3) is 5.91 Å². The summed E-state index contributed by atoms with van der Waals surface area (Å²) in [5.41, 5.74) is 6.31. The number of rotatable bonds is 0. The van der Waals surface area contributed by atoms with Crippen molar-refractivity contribution < 1.29 is 4.79 Å². The first-order valence-electron chi connectivity index (χ1n) is 4.12. The number of fused-ring (bicyclic) bond motifs is 1. The molecule has 2 rings (SSSR count). The number of carbonyl (C=O) groups excluding carboxylic acids is 1. The third-order valence-corrected chi connectivity index (χ3v) is 2.32. The molecule has 5 heteroatoms. The van der Waals surface area contributed by atoms with Crippen LogP contribution < -0.4 is 5.73 Å². The van der Waals surface area contributed by atoms with Gasteiger partial charge in [-0.25, -0.2) is 0 Å². The van der Waals surface area contributed by atoms with Gasteiger partial charge in [0.05, 0.1) is 5.52 Å². The molecule has 0 bridgehead atoms. The van der Waals surface area contributed by atoms with E-state index in [0.29, 0.717) is 5.69 Å². The largest absolute Gasteiger partial charge is 0.359 e. The number of nitrogens with two attached hydrogens (primary N) is 1. The molecular weight excluding hydrogens is 258 g/mol. The predicted octanol–water partition coefficient (Wildman–Crippen LogP) is 1.16. The molecule has 15 heavy (non-hydrogen) atoms. The Morgan fingerprint density at radius 3 is 3.07 bits per heavy atom. The van der Waals surface area contributed by atoms with Crippen molar-refractivity contribution in [2.75, 3.05) is 0 Å². The van der Waals surface area contributed by atoms with E-state index < -0.39 is 5.91 Å². The van der Waals surface area contributed by atoms with Gasteiger partial charge in [0.15, 0.2) is 0 Å². The lowest BCUT2D eigenvalue weighted by Crippen LogP contribution is -2.06. The normalized spacial score (nSPS) is 9.67. The van der Waals surface area contributed by atoms with Crippen LogP contribution in [0, 0.1) is 11.8 Å². The van der Waals surface area contributed by atoms with Crippen molar-refractivity contribution in [1.29, 1.82) is 0 Å². The molecule has 3 N–H and O–H groups in total. The number of hydrogen-bond donors (Lipinski definition) is 2. The maximum Gasteiger partial charge on any atom is 0.293 e. The average molecular weight is 264 g/mol. The van der Waals surface area contributed by atoms with E-state index in [1.807, 2.05) is 18.2 Å². The minimum absolute atomic E-state index is 0.594. The summed E-state index contributed by atoms with van der Waals surface area (Å²) in [6, 6.07) is 5.61. The molecule has 0 saturated carbocycles. The summed E-state index contributed by atoms with van der Waals surface area (Å²) >= 11 is 3.34. The fraction of sp³-hybridized carbons (Fsp3) is 0. The second-order valence-corrected chi connectivity index (χ2v) is 3.79.